The van der Waals surface area contributed by atoms with Crippen LogP contribution < -0.4 is 10.0 Å². The zero-order chi connectivity index (χ0) is 30.8. The van der Waals surface area contributed by atoms with Gasteiger partial charge in [-0.15, -0.1) is 0 Å². The van der Waals surface area contributed by atoms with Crippen LogP contribution >= 0.6 is 46.6 Å². The average molecular weight is 670 g/mol. The van der Waals surface area contributed by atoms with Gasteiger partial charge in [0, 0.05) is 22.9 Å². The summed E-state index contributed by atoms with van der Waals surface area (Å²) in [5, 5.41) is 3.93. The lowest BCUT2D eigenvalue weighted by atomic mass is 9.81. The van der Waals surface area contributed by atoms with Crippen molar-refractivity contribution in [1.82, 2.24) is 19.6 Å². The Kier molecular flexibility index (Phi) is 9.84. The standard InChI is InChI=1S/C29H28Cl3FN4O3S2/c1-17(2)35-27(38)36-42(39,40)25-13-18(5-11-23(25)31)16-41-28-34-15-26(37(28)21-9-7-20(33)8-10-21)29(3,4)19-6-12-22(30)24(32)14-19/h5-15,17H,16H2,1-4H3,(H2,35,36,38). The van der Waals surface area contributed by atoms with Gasteiger partial charge in [-0.3, -0.25) is 4.57 Å². The number of sulfonamides is 1. The van der Waals surface area contributed by atoms with Gasteiger partial charge >= 0.3 is 6.03 Å². The van der Waals surface area contributed by atoms with Gasteiger partial charge in [-0.25, -0.2) is 27.3 Å². The van der Waals surface area contributed by atoms with Gasteiger partial charge in [0.25, 0.3) is 10.0 Å². The summed E-state index contributed by atoms with van der Waals surface area (Å²) in [7, 11) is -4.23. The minimum atomic E-state index is -4.23. The van der Waals surface area contributed by atoms with Crippen molar-refractivity contribution in [2.24, 2.45) is 0 Å². The van der Waals surface area contributed by atoms with Crippen molar-refractivity contribution in [3.63, 3.8) is 0 Å². The molecule has 0 saturated heterocycles. The SMILES string of the molecule is CC(C)NC(=O)NS(=O)(=O)c1cc(CSc2ncc(C(C)(C)c3ccc(Cl)c(Cl)c3)n2-c2ccc(F)cc2)ccc1Cl. The first-order valence-electron chi connectivity index (χ1n) is 12.7. The fourth-order valence-electron chi connectivity index (χ4n) is 4.21. The minimum Gasteiger partial charge on any atom is -0.335 e. The molecule has 1 heterocycles. The second-order valence-corrected chi connectivity index (χ2v) is 14.1. The topological polar surface area (TPSA) is 93.1 Å². The normalized spacial score (nSPS) is 12.0. The molecule has 0 fully saturated rings. The van der Waals surface area contributed by atoms with E-state index in [9.17, 15) is 17.6 Å². The molecule has 2 amide bonds. The summed E-state index contributed by atoms with van der Waals surface area (Å²) in [5.74, 6) is -0.0492. The van der Waals surface area contributed by atoms with Crippen LogP contribution in [0.15, 0.2) is 76.9 Å². The monoisotopic (exact) mass is 668 g/mol. The maximum Gasteiger partial charge on any atom is 0.328 e. The molecule has 0 aliphatic heterocycles. The van der Waals surface area contributed by atoms with Crippen molar-refractivity contribution in [2.75, 3.05) is 0 Å². The van der Waals surface area contributed by atoms with Crippen molar-refractivity contribution in [1.29, 1.82) is 0 Å². The van der Waals surface area contributed by atoms with Crippen LogP contribution in [-0.4, -0.2) is 30.0 Å². The van der Waals surface area contributed by atoms with Crippen LogP contribution in [0, 0.1) is 5.82 Å². The molecule has 4 rings (SSSR count). The maximum atomic E-state index is 13.8. The lowest BCUT2D eigenvalue weighted by Crippen LogP contribution is -2.42. The van der Waals surface area contributed by atoms with Gasteiger partial charge in [-0.1, -0.05) is 72.5 Å². The maximum absolute atomic E-state index is 13.8. The number of hydrogen-bond donors (Lipinski definition) is 2. The molecule has 1 aromatic heterocycles. The number of benzene rings is 3. The number of hydrogen-bond acceptors (Lipinski definition) is 5. The van der Waals surface area contributed by atoms with Crippen LogP contribution in [-0.2, 0) is 21.2 Å². The average Bonchev–Trinajstić information content (AvgIpc) is 3.34. The zero-order valence-electron chi connectivity index (χ0n) is 23.1. The molecule has 0 radical (unpaired) electrons. The molecule has 222 valence electrons. The predicted octanol–water partition coefficient (Wildman–Crippen LogP) is 7.99. The van der Waals surface area contributed by atoms with Crippen molar-refractivity contribution < 1.29 is 17.6 Å². The van der Waals surface area contributed by atoms with E-state index in [1.165, 1.54) is 36.0 Å². The summed E-state index contributed by atoms with van der Waals surface area (Å²) < 4.78 is 43.6. The van der Waals surface area contributed by atoms with E-state index in [-0.39, 0.29) is 21.8 Å². The molecule has 7 nitrogen and oxygen atoms in total. The molecule has 2 N–H and O–H groups in total. The van der Waals surface area contributed by atoms with E-state index in [0.29, 0.717) is 32.2 Å². The van der Waals surface area contributed by atoms with Gasteiger partial charge < -0.3 is 5.32 Å². The lowest BCUT2D eigenvalue weighted by Gasteiger charge is -2.28. The molecule has 0 aliphatic carbocycles. The van der Waals surface area contributed by atoms with Crippen molar-refractivity contribution in [2.45, 2.75) is 55.0 Å². The number of rotatable bonds is 9. The van der Waals surface area contributed by atoms with Gasteiger partial charge in [-0.05, 0) is 73.5 Å². The van der Waals surface area contributed by atoms with Gasteiger partial charge in [0.2, 0.25) is 0 Å². The summed E-state index contributed by atoms with van der Waals surface area (Å²) in [6.07, 6.45) is 1.75. The van der Waals surface area contributed by atoms with Crippen LogP contribution in [0.3, 0.4) is 0 Å². The third kappa shape index (κ3) is 7.23. The molecular formula is C29H28Cl3FN4O3S2. The Morgan fingerprint density at radius 3 is 2.31 bits per heavy atom. The summed E-state index contributed by atoms with van der Waals surface area (Å²) >= 11 is 20.1. The molecule has 0 unspecified atom stereocenters. The van der Waals surface area contributed by atoms with E-state index in [0.717, 1.165) is 11.3 Å². The summed E-state index contributed by atoms with van der Waals surface area (Å²) in [5.41, 5.74) is 2.46. The molecule has 3 aromatic carbocycles. The molecule has 0 saturated carbocycles. The molecule has 0 aliphatic rings. The highest BCUT2D eigenvalue weighted by Gasteiger charge is 2.30. The summed E-state index contributed by atoms with van der Waals surface area (Å²) in [4.78, 5) is 16.5. The third-order valence-electron chi connectivity index (χ3n) is 6.40. The number of carbonyl (C=O) groups is 1. The number of nitrogens with zero attached hydrogens (tertiary/aromatic N) is 2. The van der Waals surface area contributed by atoms with E-state index in [2.05, 4.69) is 10.3 Å². The van der Waals surface area contributed by atoms with E-state index < -0.39 is 21.5 Å². The Labute approximate surface area is 263 Å². The highest BCUT2D eigenvalue weighted by atomic mass is 35.5. The van der Waals surface area contributed by atoms with E-state index in [4.69, 9.17) is 34.8 Å². The quantitative estimate of drug-likeness (QED) is 0.176. The molecule has 4 aromatic rings. The minimum absolute atomic E-state index is 0.0212. The predicted molar refractivity (Wildman–Crippen MR) is 167 cm³/mol. The van der Waals surface area contributed by atoms with Gasteiger partial charge in [-0.2, -0.15) is 0 Å². The van der Waals surface area contributed by atoms with Gasteiger partial charge in [0.1, 0.15) is 10.7 Å². The largest absolute Gasteiger partial charge is 0.335 e. The number of thioether (sulfide) groups is 1. The molecule has 13 heteroatoms. The number of nitrogens with one attached hydrogen (secondary N) is 2. The summed E-state index contributed by atoms with van der Waals surface area (Å²) in [6.45, 7) is 7.47. The molecule has 0 atom stereocenters. The third-order valence-corrected chi connectivity index (χ3v) is 9.97. The van der Waals surface area contributed by atoms with E-state index in [1.807, 2.05) is 35.3 Å². The van der Waals surface area contributed by atoms with Crippen LogP contribution in [0.25, 0.3) is 5.69 Å². The highest BCUT2D eigenvalue weighted by Crippen LogP contribution is 2.38. The summed E-state index contributed by atoms with van der Waals surface area (Å²) in [6, 6.07) is 15.0. The molecule has 42 heavy (non-hydrogen) atoms. The molecular weight excluding hydrogens is 642 g/mol. The number of imidazole rings is 1. The number of urea groups is 1. The van der Waals surface area contributed by atoms with Crippen molar-refractivity contribution in [3.05, 3.63) is 105 Å². The van der Waals surface area contributed by atoms with Crippen molar-refractivity contribution >= 4 is 62.6 Å². The van der Waals surface area contributed by atoms with E-state index in [1.54, 1.807) is 44.3 Å². The Morgan fingerprint density at radius 1 is 1.00 bits per heavy atom. The Bertz CT molecular complexity index is 1730. The van der Waals surface area contributed by atoms with Crippen LogP contribution in [0.4, 0.5) is 9.18 Å². The van der Waals surface area contributed by atoms with Crippen LogP contribution in [0.1, 0.15) is 44.5 Å². The number of halogens is 4. The van der Waals surface area contributed by atoms with Crippen LogP contribution in [0.5, 0.6) is 0 Å². The van der Waals surface area contributed by atoms with Gasteiger partial charge in [0.15, 0.2) is 5.16 Å². The molecule has 0 spiro atoms. The van der Waals surface area contributed by atoms with Crippen LogP contribution in [0.2, 0.25) is 15.1 Å². The smallest absolute Gasteiger partial charge is 0.328 e. The highest BCUT2D eigenvalue weighted by molar-refractivity contribution is 7.98. The molecule has 0 bridgehead atoms. The van der Waals surface area contributed by atoms with Gasteiger partial charge in [0.05, 0.1) is 27.0 Å². The Hall–Kier alpha value is -2.76. The first-order valence-corrected chi connectivity index (χ1v) is 16.3. The first-order chi connectivity index (χ1) is 19.7. The second kappa shape index (κ2) is 12.9. The van der Waals surface area contributed by atoms with Crippen molar-refractivity contribution in [3.8, 4) is 5.69 Å². The van der Waals surface area contributed by atoms with E-state index >= 15 is 0 Å². The Balaban J connectivity index is 1.69. The fraction of sp³-hybridized carbons (Fsp3) is 0.241. The lowest BCUT2D eigenvalue weighted by molar-refractivity contribution is 0.243. The first kappa shape index (κ1) is 32.2. The Morgan fingerprint density at radius 2 is 1.67 bits per heavy atom. The number of aromatic nitrogens is 2. The fourth-order valence-corrected chi connectivity index (χ4v) is 6.91. The second-order valence-electron chi connectivity index (χ2n) is 10.3. The number of amides is 2. The number of carbonyl (C=O) groups excluding carboxylic acids is 1. The zero-order valence-corrected chi connectivity index (χ0v) is 27.0.